The van der Waals surface area contributed by atoms with Gasteiger partial charge in [-0.1, -0.05) is 31.9 Å². The third-order valence-corrected chi connectivity index (χ3v) is 5.41. The van der Waals surface area contributed by atoms with Gasteiger partial charge in [0.25, 0.3) is 5.91 Å². The largest absolute Gasteiger partial charge is 0.455 e. The van der Waals surface area contributed by atoms with Crippen LogP contribution in [0.1, 0.15) is 39.0 Å². The van der Waals surface area contributed by atoms with Gasteiger partial charge in [0.1, 0.15) is 5.82 Å². The monoisotopic (exact) mass is 376 g/mol. The van der Waals surface area contributed by atoms with E-state index in [1.54, 1.807) is 6.07 Å². The van der Waals surface area contributed by atoms with Crippen LogP contribution in [0.3, 0.4) is 0 Å². The van der Waals surface area contributed by atoms with E-state index in [1.807, 2.05) is 0 Å². The van der Waals surface area contributed by atoms with Gasteiger partial charge in [0.05, 0.1) is 11.6 Å². The Morgan fingerprint density at radius 3 is 2.74 bits per heavy atom. The van der Waals surface area contributed by atoms with Crippen molar-refractivity contribution in [2.24, 2.45) is 11.8 Å². The molecule has 0 radical (unpaired) electrons. The van der Waals surface area contributed by atoms with Crippen LogP contribution in [0.15, 0.2) is 24.3 Å². The molecule has 1 aliphatic heterocycles. The number of carbonyl (C=O) groups is 3. The minimum Gasteiger partial charge on any atom is -0.455 e. The Morgan fingerprint density at radius 1 is 1.26 bits per heavy atom. The second kappa shape index (κ2) is 8.50. The summed E-state index contributed by atoms with van der Waals surface area (Å²) in [5, 5.41) is 2.92. The maximum atomic E-state index is 13.9. The van der Waals surface area contributed by atoms with E-state index >= 15 is 0 Å². The third-order valence-electron chi connectivity index (χ3n) is 5.41. The summed E-state index contributed by atoms with van der Waals surface area (Å²) in [6.07, 6.45) is 4.24. The van der Waals surface area contributed by atoms with Crippen molar-refractivity contribution < 1.29 is 23.5 Å². The van der Waals surface area contributed by atoms with Crippen LogP contribution in [0, 0.1) is 17.7 Å². The number of nitrogens with zero attached hydrogens (tertiary/aromatic N) is 1. The van der Waals surface area contributed by atoms with Gasteiger partial charge in [-0.2, -0.15) is 0 Å². The first-order chi connectivity index (χ1) is 13.0. The van der Waals surface area contributed by atoms with Gasteiger partial charge in [-0.3, -0.25) is 14.4 Å². The van der Waals surface area contributed by atoms with Crippen LogP contribution in [0.25, 0.3) is 0 Å². The Morgan fingerprint density at radius 2 is 2.00 bits per heavy atom. The number of halogens is 1. The van der Waals surface area contributed by atoms with E-state index in [9.17, 15) is 18.8 Å². The highest BCUT2D eigenvalue weighted by Crippen LogP contribution is 2.28. The van der Waals surface area contributed by atoms with Crippen molar-refractivity contribution >= 4 is 23.5 Å². The molecule has 0 spiro atoms. The fourth-order valence-corrected chi connectivity index (χ4v) is 3.80. The minimum absolute atomic E-state index is 0.0472. The van der Waals surface area contributed by atoms with Crippen molar-refractivity contribution in [1.82, 2.24) is 5.32 Å². The molecular weight excluding hydrogens is 351 g/mol. The van der Waals surface area contributed by atoms with Crippen LogP contribution in [-0.4, -0.2) is 37.0 Å². The summed E-state index contributed by atoms with van der Waals surface area (Å²) >= 11 is 0. The molecule has 7 heteroatoms. The Hall–Kier alpha value is -2.44. The number of esters is 1. The van der Waals surface area contributed by atoms with Crippen LogP contribution >= 0.6 is 0 Å². The predicted octanol–water partition coefficient (Wildman–Crippen LogP) is 2.42. The molecule has 1 aromatic carbocycles. The molecule has 3 atom stereocenters. The fourth-order valence-electron chi connectivity index (χ4n) is 3.80. The molecule has 1 heterocycles. The van der Waals surface area contributed by atoms with E-state index in [-0.39, 0.29) is 43.1 Å². The number of anilines is 1. The number of hydrogen-bond donors (Lipinski definition) is 1. The summed E-state index contributed by atoms with van der Waals surface area (Å²) in [7, 11) is 0. The maximum absolute atomic E-state index is 13.9. The molecular formula is C20H25FN2O4. The van der Waals surface area contributed by atoms with Gasteiger partial charge in [0.15, 0.2) is 6.61 Å². The zero-order valence-corrected chi connectivity index (χ0v) is 15.4. The molecule has 0 unspecified atom stereocenters. The summed E-state index contributed by atoms with van der Waals surface area (Å²) in [4.78, 5) is 37.7. The van der Waals surface area contributed by atoms with Crippen LogP contribution in [-0.2, 0) is 19.1 Å². The average Bonchev–Trinajstić information content (AvgIpc) is 3.04. The second-order valence-electron chi connectivity index (χ2n) is 7.40. The molecule has 1 saturated carbocycles. The Kier molecular flexibility index (Phi) is 6.08. The lowest BCUT2D eigenvalue weighted by molar-refractivity contribution is -0.152. The molecule has 2 amide bonds. The van der Waals surface area contributed by atoms with E-state index < -0.39 is 17.7 Å². The molecule has 1 aromatic rings. The van der Waals surface area contributed by atoms with Gasteiger partial charge >= 0.3 is 5.97 Å². The van der Waals surface area contributed by atoms with E-state index in [4.69, 9.17) is 4.74 Å². The Balaban J connectivity index is 1.49. The molecule has 1 saturated heterocycles. The normalized spacial score (nSPS) is 25.3. The van der Waals surface area contributed by atoms with Crippen LogP contribution in [0.5, 0.6) is 0 Å². The number of ether oxygens (including phenoxy) is 1. The first-order valence-electron chi connectivity index (χ1n) is 9.46. The molecule has 3 rings (SSSR count). The molecule has 6 nitrogen and oxygen atoms in total. The first kappa shape index (κ1) is 19.3. The zero-order valence-electron chi connectivity index (χ0n) is 15.4. The van der Waals surface area contributed by atoms with Crippen LogP contribution < -0.4 is 10.2 Å². The van der Waals surface area contributed by atoms with Crippen molar-refractivity contribution in [2.45, 2.75) is 45.1 Å². The van der Waals surface area contributed by atoms with E-state index in [2.05, 4.69) is 12.2 Å². The molecule has 1 N–H and O–H groups in total. The molecule has 2 fully saturated rings. The number of benzene rings is 1. The van der Waals surface area contributed by atoms with Gasteiger partial charge in [-0.15, -0.1) is 0 Å². The second-order valence-corrected chi connectivity index (χ2v) is 7.40. The highest BCUT2D eigenvalue weighted by Gasteiger charge is 2.37. The number of rotatable bonds is 5. The van der Waals surface area contributed by atoms with Crippen molar-refractivity contribution in [3.05, 3.63) is 30.1 Å². The molecule has 0 bridgehead atoms. The Bertz CT molecular complexity index is 724. The van der Waals surface area contributed by atoms with Crippen molar-refractivity contribution in [3.8, 4) is 0 Å². The summed E-state index contributed by atoms with van der Waals surface area (Å²) in [5.41, 5.74) is 0.154. The predicted molar refractivity (Wildman–Crippen MR) is 97.4 cm³/mol. The lowest BCUT2D eigenvalue weighted by Crippen LogP contribution is -2.43. The highest BCUT2D eigenvalue weighted by molar-refractivity contribution is 5.99. The number of para-hydroxylation sites is 1. The molecule has 2 aliphatic rings. The lowest BCUT2D eigenvalue weighted by atomic mass is 9.86. The zero-order chi connectivity index (χ0) is 19.4. The highest BCUT2D eigenvalue weighted by atomic mass is 19.1. The summed E-state index contributed by atoms with van der Waals surface area (Å²) < 4.78 is 19.0. The SMILES string of the molecule is C[C@@H]1CCCC[C@@H]1NC(=O)COC(=O)[C@@H]1CC(=O)N(c2ccccc2F)C1. The number of hydrogen-bond acceptors (Lipinski definition) is 4. The fraction of sp³-hybridized carbons (Fsp3) is 0.550. The van der Waals surface area contributed by atoms with Crippen molar-refractivity contribution in [3.63, 3.8) is 0 Å². The third kappa shape index (κ3) is 4.64. The van der Waals surface area contributed by atoms with Crippen LogP contribution in [0.4, 0.5) is 10.1 Å². The Labute approximate surface area is 158 Å². The standard InChI is InChI=1S/C20H25FN2O4/c1-13-6-2-4-8-16(13)22-18(24)12-27-20(26)14-10-19(25)23(11-14)17-9-5-3-7-15(17)21/h3,5,7,9,13-14,16H,2,4,6,8,10-12H2,1H3,(H,22,24)/t13-,14-,16+/m1/s1. The molecule has 1 aliphatic carbocycles. The van der Waals surface area contributed by atoms with E-state index in [1.165, 1.54) is 29.5 Å². The van der Waals surface area contributed by atoms with Gasteiger partial charge in [0, 0.05) is 19.0 Å². The van der Waals surface area contributed by atoms with E-state index in [0.717, 1.165) is 19.3 Å². The van der Waals surface area contributed by atoms with Gasteiger partial charge in [-0.05, 0) is 30.9 Å². The number of amides is 2. The lowest BCUT2D eigenvalue weighted by Gasteiger charge is -2.29. The van der Waals surface area contributed by atoms with Gasteiger partial charge in [-0.25, -0.2) is 4.39 Å². The van der Waals surface area contributed by atoms with Crippen LogP contribution in [0.2, 0.25) is 0 Å². The average molecular weight is 376 g/mol. The summed E-state index contributed by atoms with van der Waals surface area (Å²) in [5.74, 6) is -2.05. The molecule has 146 valence electrons. The summed E-state index contributed by atoms with van der Waals surface area (Å²) in [6, 6.07) is 6.06. The topological polar surface area (TPSA) is 75.7 Å². The maximum Gasteiger partial charge on any atom is 0.311 e. The summed E-state index contributed by atoms with van der Waals surface area (Å²) in [6.45, 7) is 1.81. The molecule has 27 heavy (non-hydrogen) atoms. The van der Waals surface area contributed by atoms with E-state index in [0.29, 0.717) is 5.92 Å². The minimum atomic E-state index is -0.696. The van der Waals surface area contributed by atoms with Crippen molar-refractivity contribution in [2.75, 3.05) is 18.1 Å². The smallest absolute Gasteiger partial charge is 0.311 e. The number of carbonyl (C=O) groups excluding carboxylic acids is 3. The first-order valence-corrected chi connectivity index (χ1v) is 9.46. The number of nitrogens with one attached hydrogen (secondary N) is 1. The van der Waals surface area contributed by atoms with Gasteiger partial charge in [0.2, 0.25) is 5.91 Å². The molecule has 0 aromatic heterocycles. The quantitative estimate of drug-likeness (QED) is 0.801. The van der Waals surface area contributed by atoms with Gasteiger partial charge < -0.3 is 15.0 Å². The van der Waals surface area contributed by atoms with Crippen molar-refractivity contribution in [1.29, 1.82) is 0 Å².